The summed E-state index contributed by atoms with van der Waals surface area (Å²) in [7, 11) is -3.87. The molecule has 0 N–H and O–H groups in total. The van der Waals surface area contributed by atoms with E-state index in [-0.39, 0.29) is 32.1 Å². The maximum atomic E-state index is 14.2. The van der Waals surface area contributed by atoms with E-state index in [2.05, 4.69) is 0 Å². The average molecular weight is 560 g/mol. The Bertz CT molecular complexity index is 1450. The Morgan fingerprint density at radius 1 is 0.722 bits per heavy atom. The Morgan fingerprint density at radius 3 is 1.78 bits per heavy atom. The van der Waals surface area contributed by atoms with Crippen molar-refractivity contribution in [3.8, 4) is 0 Å². The van der Waals surface area contributed by atoms with E-state index >= 15 is 0 Å². The third-order valence-corrected chi connectivity index (χ3v) is 10.7. The van der Waals surface area contributed by atoms with Crippen LogP contribution in [0.2, 0.25) is 0 Å². The first-order chi connectivity index (χ1) is 17.4. The second kappa shape index (κ2) is 11.7. The van der Waals surface area contributed by atoms with Gasteiger partial charge in [0.15, 0.2) is 0 Å². The molecule has 0 radical (unpaired) electrons. The fourth-order valence-electron chi connectivity index (χ4n) is 4.02. The number of sulfone groups is 1. The fraction of sp³-hybridized carbons (Fsp3) is 0.129. The van der Waals surface area contributed by atoms with E-state index in [0.29, 0.717) is 10.5 Å². The quantitative estimate of drug-likeness (QED) is 0.185. The molecule has 4 aromatic carbocycles. The number of rotatable bonds is 9. The minimum atomic E-state index is -3.87. The van der Waals surface area contributed by atoms with Gasteiger partial charge in [0.2, 0.25) is 0 Å². The van der Waals surface area contributed by atoms with Gasteiger partial charge >= 0.3 is 221 Å². The molecular weight excluding hydrogens is 531 g/mol. The van der Waals surface area contributed by atoms with Gasteiger partial charge in [-0.05, 0) is 0 Å². The van der Waals surface area contributed by atoms with E-state index in [9.17, 15) is 13.2 Å². The van der Waals surface area contributed by atoms with Crippen molar-refractivity contribution in [3.05, 3.63) is 137 Å². The molecule has 0 bridgehead atoms. The number of hydrogen-bond donors (Lipinski definition) is 0. The average Bonchev–Trinajstić information content (AvgIpc) is 2.90. The van der Waals surface area contributed by atoms with Crippen molar-refractivity contribution in [2.45, 2.75) is 25.2 Å². The molecular formula is C31H28O3SSe. The number of aryl methyl sites for hydroxylation is 1. The van der Waals surface area contributed by atoms with E-state index in [0.717, 1.165) is 20.1 Å². The molecule has 3 nitrogen and oxygen atoms in total. The molecule has 0 spiro atoms. The van der Waals surface area contributed by atoms with E-state index in [4.69, 9.17) is 0 Å². The predicted molar refractivity (Wildman–Crippen MR) is 148 cm³/mol. The zero-order valence-electron chi connectivity index (χ0n) is 20.3. The number of carbonyl (C=O) groups excluding carboxylic acids is 1. The second-order valence-corrected chi connectivity index (χ2v) is 12.9. The van der Waals surface area contributed by atoms with Crippen molar-refractivity contribution < 1.29 is 13.2 Å². The van der Waals surface area contributed by atoms with Gasteiger partial charge in [-0.15, -0.1) is 0 Å². The summed E-state index contributed by atoms with van der Waals surface area (Å²) in [6.45, 7) is 3.79. The molecule has 36 heavy (non-hydrogen) atoms. The van der Waals surface area contributed by atoms with Crippen molar-refractivity contribution in [2.75, 3.05) is 0 Å². The topological polar surface area (TPSA) is 51.2 Å². The summed E-state index contributed by atoms with van der Waals surface area (Å²) in [6, 6.07) is 35.6. The van der Waals surface area contributed by atoms with Crippen LogP contribution in [0.1, 0.15) is 34.8 Å². The van der Waals surface area contributed by atoms with Crippen LogP contribution < -0.4 is 4.46 Å². The van der Waals surface area contributed by atoms with Crippen LogP contribution >= 0.6 is 0 Å². The first-order valence-electron chi connectivity index (χ1n) is 11.8. The van der Waals surface area contributed by atoms with Crippen LogP contribution in [0, 0.1) is 12.8 Å². The number of ketones is 1. The van der Waals surface area contributed by atoms with Gasteiger partial charge in [0.05, 0.1) is 0 Å². The third-order valence-electron chi connectivity index (χ3n) is 5.88. The number of allylic oxidation sites excluding steroid dienone is 1. The molecule has 5 heteroatoms. The number of hydrogen-bond acceptors (Lipinski definition) is 3. The molecule has 0 heterocycles. The van der Waals surface area contributed by atoms with Crippen LogP contribution in [0.4, 0.5) is 0 Å². The van der Waals surface area contributed by atoms with Gasteiger partial charge in [0, 0.05) is 0 Å². The number of carbonyl (C=O) groups is 1. The van der Waals surface area contributed by atoms with Gasteiger partial charge in [-0.25, -0.2) is 0 Å². The van der Waals surface area contributed by atoms with Crippen molar-refractivity contribution in [3.63, 3.8) is 0 Å². The van der Waals surface area contributed by atoms with Gasteiger partial charge < -0.3 is 0 Å². The van der Waals surface area contributed by atoms with Gasteiger partial charge in [0.25, 0.3) is 0 Å². The Balaban J connectivity index is 1.91. The molecule has 0 amide bonds. The SMILES string of the molecule is Cc1ccc(S(=O)(=O)/C(=C(\[Se]c2ccccc2)c2ccccc2)C(C)CC(=O)c2ccccc2)cc1. The van der Waals surface area contributed by atoms with Gasteiger partial charge in [0.1, 0.15) is 0 Å². The third kappa shape index (κ3) is 6.11. The molecule has 0 aromatic heterocycles. The summed E-state index contributed by atoms with van der Waals surface area (Å²) in [5, 5.41) is 0. The summed E-state index contributed by atoms with van der Waals surface area (Å²) < 4.78 is 30.3. The van der Waals surface area contributed by atoms with Crippen LogP contribution in [0.5, 0.6) is 0 Å². The van der Waals surface area contributed by atoms with E-state index in [1.807, 2.05) is 105 Å². The Kier molecular flexibility index (Phi) is 8.37. The molecule has 0 saturated heterocycles. The first kappa shape index (κ1) is 25.8. The summed E-state index contributed by atoms with van der Waals surface area (Å²) in [5.41, 5.74) is 2.45. The van der Waals surface area contributed by atoms with Crippen molar-refractivity contribution >= 4 is 39.5 Å². The molecule has 4 aromatic rings. The van der Waals surface area contributed by atoms with Gasteiger partial charge in [-0.1, -0.05) is 0 Å². The first-order valence-corrected chi connectivity index (χ1v) is 15.0. The zero-order valence-corrected chi connectivity index (χ0v) is 22.8. The Labute approximate surface area is 220 Å². The standard InChI is InChI=1S/C31H28O3SSe/c1-23-18-20-27(21-19-23)35(33,34)30(24(2)22-29(32)25-12-6-3-7-13-25)31(26-14-8-4-9-15-26)36-28-16-10-5-11-17-28/h3-21,24H,22H2,1-2H3/b31-30-. The number of Topliss-reactive ketones (excluding diaryl/α,β-unsaturated/α-hetero) is 1. The van der Waals surface area contributed by atoms with E-state index < -0.39 is 15.8 Å². The van der Waals surface area contributed by atoms with E-state index in [1.54, 1.807) is 24.3 Å². The van der Waals surface area contributed by atoms with Crippen molar-refractivity contribution in [1.82, 2.24) is 0 Å². The second-order valence-electron chi connectivity index (χ2n) is 8.69. The van der Waals surface area contributed by atoms with Crippen molar-refractivity contribution in [2.24, 2.45) is 5.92 Å². The molecule has 1 unspecified atom stereocenters. The molecule has 0 aliphatic heterocycles. The molecule has 0 fully saturated rings. The normalized spacial score (nSPS) is 13.1. The maximum absolute atomic E-state index is 14.2. The van der Waals surface area contributed by atoms with Crippen LogP contribution in [-0.2, 0) is 9.84 Å². The Morgan fingerprint density at radius 2 is 1.22 bits per heavy atom. The summed E-state index contributed by atoms with van der Waals surface area (Å²) in [6.07, 6.45) is 0.103. The van der Waals surface area contributed by atoms with Crippen molar-refractivity contribution in [1.29, 1.82) is 0 Å². The molecule has 0 aliphatic carbocycles. The van der Waals surface area contributed by atoms with Crippen LogP contribution in [0.15, 0.2) is 125 Å². The monoisotopic (exact) mass is 560 g/mol. The van der Waals surface area contributed by atoms with Gasteiger partial charge in [-0.2, -0.15) is 0 Å². The van der Waals surface area contributed by atoms with Gasteiger partial charge in [-0.3, -0.25) is 0 Å². The van der Waals surface area contributed by atoms with Crippen LogP contribution in [0.3, 0.4) is 0 Å². The van der Waals surface area contributed by atoms with E-state index in [1.165, 1.54) is 0 Å². The fourth-order valence-corrected chi connectivity index (χ4v) is 8.92. The van der Waals surface area contributed by atoms with Crippen LogP contribution in [-0.4, -0.2) is 29.2 Å². The predicted octanol–water partition coefficient (Wildman–Crippen LogP) is 6.08. The zero-order chi connectivity index (χ0) is 25.5. The minimum absolute atomic E-state index is 0.0701. The summed E-state index contributed by atoms with van der Waals surface area (Å²) in [4.78, 5) is 13.7. The summed E-state index contributed by atoms with van der Waals surface area (Å²) >= 11 is -0.292. The number of benzene rings is 4. The Hall–Kier alpha value is -3.24. The van der Waals surface area contributed by atoms with Crippen LogP contribution in [0.25, 0.3) is 4.47 Å². The molecule has 182 valence electrons. The molecule has 1 atom stereocenters. The molecule has 0 aliphatic rings. The summed E-state index contributed by atoms with van der Waals surface area (Å²) in [5.74, 6) is -0.580. The molecule has 0 saturated carbocycles. The molecule has 4 rings (SSSR count).